The van der Waals surface area contributed by atoms with Crippen molar-refractivity contribution in [2.75, 3.05) is 50.0 Å². The maximum Gasteiger partial charge on any atom is 0.337 e. The van der Waals surface area contributed by atoms with E-state index in [4.69, 9.17) is 10.5 Å². The first-order chi connectivity index (χ1) is 10.2. The molecular weight excluding hydrogens is 270 g/mol. The lowest BCUT2D eigenvalue weighted by Gasteiger charge is -2.32. The van der Waals surface area contributed by atoms with E-state index in [0.717, 1.165) is 45.8 Å². The molecule has 0 aliphatic carbocycles. The predicted octanol–water partition coefficient (Wildman–Crippen LogP) is 0.878. The Balaban J connectivity index is 1.78. The van der Waals surface area contributed by atoms with Gasteiger partial charge in [-0.05, 0) is 18.6 Å². The number of morpholine rings is 1. The first-order valence-electron chi connectivity index (χ1n) is 7.35. The van der Waals surface area contributed by atoms with Gasteiger partial charge in [-0.25, -0.2) is 4.79 Å². The molecule has 0 radical (unpaired) electrons. The number of para-hydroxylation sites is 1. The average molecular weight is 291 g/mol. The topological polar surface area (TPSA) is 79.0 Å². The summed E-state index contributed by atoms with van der Waals surface area (Å²) in [5.41, 5.74) is 7.52. The van der Waals surface area contributed by atoms with Crippen molar-refractivity contribution < 1.29 is 14.6 Å². The number of rotatable bonds is 3. The van der Waals surface area contributed by atoms with E-state index in [0.29, 0.717) is 17.4 Å². The molecular formula is C15H21N3O3. The van der Waals surface area contributed by atoms with Gasteiger partial charge in [-0.2, -0.15) is 0 Å². The van der Waals surface area contributed by atoms with E-state index in [9.17, 15) is 9.90 Å². The van der Waals surface area contributed by atoms with Gasteiger partial charge in [0.15, 0.2) is 0 Å². The van der Waals surface area contributed by atoms with Gasteiger partial charge in [-0.15, -0.1) is 0 Å². The summed E-state index contributed by atoms with van der Waals surface area (Å²) in [7, 11) is 0. The van der Waals surface area contributed by atoms with Gasteiger partial charge in [0, 0.05) is 32.2 Å². The summed E-state index contributed by atoms with van der Waals surface area (Å²) in [5.74, 6) is -0.924. The largest absolute Gasteiger partial charge is 0.478 e. The first-order valence-corrected chi connectivity index (χ1v) is 7.35. The summed E-state index contributed by atoms with van der Waals surface area (Å²) < 4.78 is 5.39. The second kappa shape index (κ2) is 5.91. The van der Waals surface area contributed by atoms with E-state index in [1.54, 1.807) is 18.2 Å². The summed E-state index contributed by atoms with van der Waals surface area (Å²) in [6, 6.07) is 5.53. The van der Waals surface area contributed by atoms with E-state index < -0.39 is 5.97 Å². The van der Waals surface area contributed by atoms with E-state index in [1.165, 1.54) is 0 Å². The van der Waals surface area contributed by atoms with Gasteiger partial charge in [-0.1, -0.05) is 6.07 Å². The minimum atomic E-state index is -0.924. The number of carboxylic acids is 1. The minimum absolute atomic E-state index is 0.289. The van der Waals surface area contributed by atoms with Crippen LogP contribution in [-0.2, 0) is 4.74 Å². The summed E-state index contributed by atoms with van der Waals surface area (Å²) in [6.07, 6.45) is 1.04. The molecule has 1 unspecified atom stereocenters. The standard InChI is InChI=1S/C15H21N3O3/c16-13-3-1-2-12(15(19)20)14(13)18-5-4-11(10-18)17-6-8-21-9-7-17/h1-3,11H,4-10,16H2,(H,19,20). The van der Waals surface area contributed by atoms with E-state index in [2.05, 4.69) is 9.80 Å². The van der Waals surface area contributed by atoms with Gasteiger partial charge >= 0.3 is 5.97 Å². The van der Waals surface area contributed by atoms with Crippen molar-refractivity contribution in [1.82, 2.24) is 4.90 Å². The Morgan fingerprint density at radius 2 is 2.05 bits per heavy atom. The maximum absolute atomic E-state index is 11.4. The van der Waals surface area contributed by atoms with Crippen LogP contribution in [-0.4, -0.2) is 61.4 Å². The quantitative estimate of drug-likeness (QED) is 0.805. The van der Waals surface area contributed by atoms with Crippen molar-refractivity contribution in [2.24, 2.45) is 0 Å². The smallest absolute Gasteiger partial charge is 0.337 e. The molecule has 2 fully saturated rings. The summed E-state index contributed by atoms with van der Waals surface area (Å²) in [5, 5.41) is 9.36. The Kier molecular flexibility index (Phi) is 3.98. The van der Waals surface area contributed by atoms with Crippen LogP contribution >= 0.6 is 0 Å². The number of anilines is 2. The van der Waals surface area contributed by atoms with Gasteiger partial charge < -0.3 is 20.5 Å². The highest BCUT2D eigenvalue weighted by Gasteiger charge is 2.31. The third-order valence-electron chi connectivity index (χ3n) is 4.34. The molecule has 21 heavy (non-hydrogen) atoms. The van der Waals surface area contributed by atoms with Crippen LogP contribution in [0.15, 0.2) is 18.2 Å². The minimum Gasteiger partial charge on any atom is -0.478 e. The maximum atomic E-state index is 11.4. The molecule has 6 nitrogen and oxygen atoms in total. The van der Waals surface area contributed by atoms with Crippen molar-refractivity contribution in [2.45, 2.75) is 12.5 Å². The SMILES string of the molecule is Nc1cccc(C(=O)O)c1N1CCC(N2CCOCC2)C1. The number of hydrogen-bond acceptors (Lipinski definition) is 5. The van der Waals surface area contributed by atoms with Crippen LogP contribution in [0.2, 0.25) is 0 Å². The highest BCUT2D eigenvalue weighted by atomic mass is 16.5. The van der Waals surface area contributed by atoms with Crippen LogP contribution in [0, 0.1) is 0 Å². The number of carbonyl (C=O) groups is 1. The van der Waals surface area contributed by atoms with Crippen LogP contribution in [0.5, 0.6) is 0 Å². The Bertz CT molecular complexity index is 529. The molecule has 6 heteroatoms. The van der Waals surface area contributed by atoms with Gasteiger partial charge in [0.1, 0.15) is 0 Å². The van der Waals surface area contributed by atoms with Crippen LogP contribution in [0.25, 0.3) is 0 Å². The molecule has 0 saturated carbocycles. The zero-order valence-corrected chi connectivity index (χ0v) is 12.0. The summed E-state index contributed by atoms with van der Waals surface area (Å²) in [6.45, 7) is 5.14. The second-order valence-electron chi connectivity index (χ2n) is 5.59. The molecule has 1 atom stereocenters. The normalized spacial score (nSPS) is 23.4. The number of benzene rings is 1. The number of nitrogens with two attached hydrogens (primary N) is 1. The molecule has 2 saturated heterocycles. The number of aromatic carboxylic acids is 1. The van der Waals surface area contributed by atoms with Gasteiger partial charge in [0.05, 0.1) is 30.2 Å². The molecule has 2 aliphatic rings. The second-order valence-corrected chi connectivity index (χ2v) is 5.59. The number of nitrogens with zero attached hydrogens (tertiary/aromatic N) is 2. The van der Waals surface area contributed by atoms with Crippen molar-refractivity contribution in [3.63, 3.8) is 0 Å². The third-order valence-corrected chi connectivity index (χ3v) is 4.34. The van der Waals surface area contributed by atoms with Crippen molar-refractivity contribution in [3.05, 3.63) is 23.8 Å². The summed E-state index contributed by atoms with van der Waals surface area (Å²) in [4.78, 5) is 15.9. The van der Waals surface area contributed by atoms with Crippen LogP contribution in [0.3, 0.4) is 0 Å². The zero-order valence-electron chi connectivity index (χ0n) is 12.0. The lowest BCUT2D eigenvalue weighted by Crippen LogP contribution is -2.44. The Morgan fingerprint density at radius 1 is 1.29 bits per heavy atom. The van der Waals surface area contributed by atoms with Crippen LogP contribution in [0.1, 0.15) is 16.8 Å². The molecule has 1 aromatic rings. The number of carboxylic acid groups (broad SMARTS) is 1. The number of nitrogen functional groups attached to an aromatic ring is 1. The van der Waals surface area contributed by atoms with Crippen molar-refractivity contribution in [3.8, 4) is 0 Å². The molecule has 0 amide bonds. The van der Waals surface area contributed by atoms with Crippen LogP contribution in [0.4, 0.5) is 11.4 Å². The third kappa shape index (κ3) is 2.82. The molecule has 0 aromatic heterocycles. The first kappa shape index (κ1) is 14.2. The average Bonchev–Trinajstić information content (AvgIpc) is 2.97. The molecule has 2 heterocycles. The molecule has 1 aromatic carbocycles. The highest BCUT2D eigenvalue weighted by molar-refractivity contribution is 5.98. The fraction of sp³-hybridized carbons (Fsp3) is 0.533. The van der Waals surface area contributed by atoms with Crippen molar-refractivity contribution in [1.29, 1.82) is 0 Å². The van der Waals surface area contributed by atoms with E-state index >= 15 is 0 Å². The van der Waals surface area contributed by atoms with Crippen LogP contribution < -0.4 is 10.6 Å². The fourth-order valence-corrected chi connectivity index (χ4v) is 3.27. The Morgan fingerprint density at radius 3 is 2.76 bits per heavy atom. The van der Waals surface area contributed by atoms with Gasteiger partial charge in [0.2, 0.25) is 0 Å². The molecule has 2 aliphatic heterocycles. The summed E-state index contributed by atoms with van der Waals surface area (Å²) >= 11 is 0. The number of ether oxygens (including phenoxy) is 1. The predicted molar refractivity (Wildman–Crippen MR) is 80.8 cm³/mol. The van der Waals surface area contributed by atoms with Gasteiger partial charge in [-0.3, -0.25) is 4.90 Å². The number of hydrogen-bond donors (Lipinski definition) is 2. The fourth-order valence-electron chi connectivity index (χ4n) is 3.27. The van der Waals surface area contributed by atoms with Crippen molar-refractivity contribution >= 4 is 17.3 Å². The Hall–Kier alpha value is -1.79. The molecule has 3 N–H and O–H groups in total. The van der Waals surface area contributed by atoms with E-state index in [-0.39, 0.29) is 5.56 Å². The highest BCUT2D eigenvalue weighted by Crippen LogP contribution is 2.32. The lowest BCUT2D eigenvalue weighted by atomic mass is 10.1. The Labute approximate surface area is 124 Å². The zero-order chi connectivity index (χ0) is 14.8. The molecule has 0 spiro atoms. The van der Waals surface area contributed by atoms with E-state index in [1.807, 2.05) is 0 Å². The lowest BCUT2D eigenvalue weighted by molar-refractivity contribution is 0.0209. The molecule has 114 valence electrons. The van der Waals surface area contributed by atoms with Gasteiger partial charge in [0.25, 0.3) is 0 Å². The monoisotopic (exact) mass is 291 g/mol. The molecule has 0 bridgehead atoms. The molecule has 3 rings (SSSR count).